The quantitative estimate of drug-likeness (QED) is 0.725. The zero-order chi connectivity index (χ0) is 12.5. The molecule has 0 N–H and O–H groups in total. The Bertz CT molecular complexity index is 673. The molecule has 3 aromatic rings. The Kier molecular flexibility index (Phi) is 2.76. The molecule has 4 nitrogen and oxygen atoms in total. The number of rotatable bonds is 3. The summed E-state index contributed by atoms with van der Waals surface area (Å²) in [5, 5.41) is 2.03. The molecule has 3 rings (SSSR count). The van der Waals surface area contributed by atoms with Gasteiger partial charge in [0.05, 0.1) is 11.5 Å². The summed E-state index contributed by atoms with van der Waals surface area (Å²) in [4.78, 5) is 10.3. The second kappa shape index (κ2) is 4.42. The molecule has 3 aromatic heterocycles. The molecular weight excluding hydrogens is 246 g/mol. The average molecular weight is 259 g/mol. The predicted molar refractivity (Wildman–Crippen MR) is 73.0 cm³/mol. The highest BCUT2D eigenvalue weighted by Crippen LogP contribution is 2.31. The molecule has 92 valence electrons. The summed E-state index contributed by atoms with van der Waals surface area (Å²) in [6.07, 6.45) is 1.96. The number of hydrogen-bond acceptors (Lipinski definition) is 4. The predicted octanol–water partition coefficient (Wildman–Crippen LogP) is 3.10. The molecule has 0 saturated carbocycles. The summed E-state index contributed by atoms with van der Waals surface area (Å²) in [6.45, 7) is 2.54. The molecule has 0 saturated heterocycles. The van der Waals surface area contributed by atoms with Crippen LogP contribution in [0.4, 0.5) is 0 Å². The lowest BCUT2D eigenvalue weighted by Crippen LogP contribution is -2.00. The van der Waals surface area contributed by atoms with Gasteiger partial charge in [-0.3, -0.25) is 0 Å². The Hall–Kier alpha value is -1.88. The van der Waals surface area contributed by atoms with E-state index in [1.165, 1.54) is 0 Å². The molecule has 0 aliphatic rings. The number of thiophene rings is 1. The molecule has 0 unspecified atom stereocenters. The molecule has 18 heavy (non-hydrogen) atoms. The van der Waals surface area contributed by atoms with E-state index in [0.717, 1.165) is 21.7 Å². The number of ether oxygens (including phenoxy) is 1. The van der Waals surface area contributed by atoms with Crippen LogP contribution in [0.25, 0.3) is 21.7 Å². The van der Waals surface area contributed by atoms with Crippen LogP contribution in [0, 0.1) is 0 Å². The Morgan fingerprint density at radius 1 is 1.33 bits per heavy atom. The first-order valence-electron chi connectivity index (χ1n) is 5.79. The Morgan fingerprint density at radius 3 is 2.94 bits per heavy atom. The first-order valence-corrected chi connectivity index (χ1v) is 6.67. The van der Waals surface area contributed by atoms with Gasteiger partial charge in [-0.25, -0.2) is 4.98 Å². The fourth-order valence-electron chi connectivity index (χ4n) is 1.86. The highest BCUT2D eigenvalue weighted by molar-refractivity contribution is 7.13. The number of aryl methyl sites for hydroxylation is 1. The summed E-state index contributed by atoms with van der Waals surface area (Å²) in [5.41, 5.74) is 2.56. The highest BCUT2D eigenvalue weighted by Gasteiger charge is 2.14. The van der Waals surface area contributed by atoms with E-state index in [-0.39, 0.29) is 0 Å². The molecule has 0 radical (unpaired) electrons. The third-order valence-electron chi connectivity index (χ3n) is 2.70. The average Bonchev–Trinajstić information content (AvgIpc) is 3.00. The third kappa shape index (κ3) is 1.76. The monoisotopic (exact) mass is 259 g/mol. The molecule has 0 atom stereocenters. The van der Waals surface area contributed by atoms with Crippen molar-refractivity contribution in [3.63, 3.8) is 0 Å². The van der Waals surface area contributed by atoms with Crippen molar-refractivity contribution in [2.45, 2.75) is 6.92 Å². The van der Waals surface area contributed by atoms with Crippen LogP contribution in [0.2, 0.25) is 0 Å². The van der Waals surface area contributed by atoms with Gasteiger partial charge in [-0.05, 0) is 24.4 Å². The lowest BCUT2D eigenvalue weighted by Gasteiger charge is -2.07. The van der Waals surface area contributed by atoms with E-state index in [1.807, 2.05) is 48.3 Å². The normalized spacial score (nSPS) is 11.0. The SMILES string of the molecule is CCOc1nc2c(ccn2C)nc1-c1cccs1. The number of hydrogen-bond donors (Lipinski definition) is 0. The van der Waals surface area contributed by atoms with E-state index in [1.54, 1.807) is 11.3 Å². The van der Waals surface area contributed by atoms with Gasteiger partial charge in [0.25, 0.3) is 0 Å². The van der Waals surface area contributed by atoms with E-state index in [4.69, 9.17) is 4.74 Å². The van der Waals surface area contributed by atoms with Crippen molar-refractivity contribution >= 4 is 22.5 Å². The molecule has 0 bridgehead atoms. The maximum Gasteiger partial charge on any atom is 0.243 e. The second-order valence-corrected chi connectivity index (χ2v) is 4.87. The fraction of sp³-hybridized carbons (Fsp3) is 0.231. The third-order valence-corrected chi connectivity index (χ3v) is 3.57. The van der Waals surface area contributed by atoms with Gasteiger partial charge in [-0.2, -0.15) is 4.98 Å². The van der Waals surface area contributed by atoms with Gasteiger partial charge >= 0.3 is 0 Å². The van der Waals surface area contributed by atoms with Gasteiger partial charge in [0.1, 0.15) is 11.2 Å². The number of fused-ring (bicyclic) bond motifs is 1. The van der Waals surface area contributed by atoms with Crippen molar-refractivity contribution in [2.75, 3.05) is 6.61 Å². The van der Waals surface area contributed by atoms with E-state index in [9.17, 15) is 0 Å². The Morgan fingerprint density at radius 2 is 2.22 bits per heavy atom. The molecular formula is C13H13N3OS. The maximum atomic E-state index is 5.61. The second-order valence-electron chi connectivity index (χ2n) is 3.92. The van der Waals surface area contributed by atoms with Crippen LogP contribution in [-0.2, 0) is 7.05 Å². The molecule has 3 heterocycles. The summed E-state index contributed by atoms with van der Waals surface area (Å²) < 4.78 is 7.56. The minimum Gasteiger partial charge on any atom is -0.476 e. The van der Waals surface area contributed by atoms with Gasteiger partial charge in [-0.15, -0.1) is 11.3 Å². The van der Waals surface area contributed by atoms with E-state index >= 15 is 0 Å². The topological polar surface area (TPSA) is 39.9 Å². The molecule has 0 spiro atoms. The van der Waals surface area contributed by atoms with Crippen LogP contribution < -0.4 is 4.74 Å². The summed E-state index contributed by atoms with van der Waals surface area (Å²) in [7, 11) is 1.96. The van der Waals surface area contributed by atoms with E-state index in [0.29, 0.717) is 12.5 Å². The summed E-state index contributed by atoms with van der Waals surface area (Å²) >= 11 is 1.64. The van der Waals surface area contributed by atoms with Gasteiger partial charge < -0.3 is 9.30 Å². The van der Waals surface area contributed by atoms with Gasteiger partial charge in [0, 0.05) is 13.2 Å². The first-order chi connectivity index (χ1) is 8.79. The van der Waals surface area contributed by atoms with Crippen molar-refractivity contribution in [2.24, 2.45) is 7.05 Å². The minimum absolute atomic E-state index is 0.586. The zero-order valence-corrected chi connectivity index (χ0v) is 11.1. The van der Waals surface area contributed by atoms with Crippen molar-refractivity contribution in [1.29, 1.82) is 0 Å². The van der Waals surface area contributed by atoms with Crippen molar-refractivity contribution in [3.05, 3.63) is 29.8 Å². The van der Waals surface area contributed by atoms with Crippen molar-refractivity contribution < 1.29 is 4.74 Å². The van der Waals surface area contributed by atoms with Crippen LogP contribution in [0.3, 0.4) is 0 Å². The van der Waals surface area contributed by atoms with Crippen LogP contribution in [-0.4, -0.2) is 21.1 Å². The Balaban J connectivity index is 2.25. The highest BCUT2D eigenvalue weighted by atomic mass is 32.1. The Labute approximate surface area is 109 Å². The summed E-state index contributed by atoms with van der Waals surface area (Å²) in [5.74, 6) is 0.606. The van der Waals surface area contributed by atoms with E-state index in [2.05, 4.69) is 9.97 Å². The minimum atomic E-state index is 0.586. The van der Waals surface area contributed by atoms with E-state index < -0.39 is 0 Å². The molecule has 0 fully saturated rings. The number of aromatic nitrogens is 3. The molecule has 5 heteroatoms. The molecule has 0 aromatic carbocycles. The first kappa shape index (κ1) is 11.2. The molecule has 0 aliphatic heterocycles. The number of nitrogens with zero attached hydrogens (tertiary/aromatic N) is 3. The van der Waals surface area contributed by atoms with Crippen LogP contribution in [0.1, 0.15) is 6.92 Å². The van der Waals surface area contributed by atoms with Gasteiger partial charge in [0.2, 0.25) is 5.88 Å². The van der Waals surface area contributed by atoms with Crippen LogP contribution >= 0.6 is 11.3 Å². The lowest BCUT2D eigenvalue weighted by atomic mass is 10.3. The van der Waals surface area contributed by atoms with Crippen LogP contribution in [0.5, 0.6) is 5.88 Å². The summed E-state index contributed by atoms with van der Waals surface area (Å²) in [6, 6.07) is 6.01. The standard InChI is InChI=1S/C13H13N3OS/c1-3-17-13-11(10-5-4-8-18-10)14-9-6-7-16(2)12(9)15-13/h4-8H,3H2,1-2H3. The smallest absolute Gasteiger partial charge is 0.243 e. The lowest BCUT2D eigenvalue weighted by molar-refractivity contribution is 0.328. The maximum absolute atomic E-state index is 5.61. The fourth-order valence-corrected chi connectivity index (χ4v) is 2.57. The zero-order valence-electron chi connectivity index (χ0n) is 10.3. The molecule has 0 amide bonds. The van der Waals surface area contributed by atoms with Gasteiger partial charge in [-0.1, -0.05) is 6.07 Å². The van der Waals surface area contributed by atoms with Crippen molar-refractivity contribution in [3.8, 4) is 16.5 Å². The molecule has 0 aliphatic carbocycles. The largest absolute Gasteiger partial charge is 0.476 e. The van der Waals surface area contributed by atoms with Crippen molar-refractivity contribution in [1.82, 2.24) is 14.5 Å². The van der Waals surface area contributed by atoms with Crippen LogP contribution in [0.15, 0.2) is 29.8 Å². The van der Waals surface area contributed by atoms with Gasteiger partial charge in [0.15, 0.2) is 5.65 Å².